The highest BCUT2D eigenvalue weighted by Gasteiger charge is 2.06. The third kappa shape index (κ3) is 3.33. The summed E-state index contributed by atoms with van der Waals surface area (Å²) in [7, 11) is 3.56. The number of rotatable bonds is 5. The second-order valence-electron chi connectivity index (χ2n) is 4.03. The van der Waals surface area contributed by atoms with E-state index in [2.05, 4.69) is 10.6 Å². The fourth-order valence-electron chi connectivity index (χ4n) is 1.81. The van der Waals surface area contributed by atoms with E-state index >= 15 is 0 Å². The summed E-state index contributed by atoms with van der Waals surface area (Å²) < 4.78 is 5.31. The Hall–Kier alpha value is -1.85. The molecule has 1 heterocycles. The summed E-state index contributed by atoms with van der Waals surface area (Å²) in [5.74, 6) is 1.26. The first-order valence-electron chi connectivity index (χ1n) is 5.95. The quantitative estimate of drug-likeness (QED) is 0.581. The predicted octanol–water partition coefficient (Wildman–Crippen LogP) is 2.91. The van der Waals surface area contributed by atoms with E-state index in [-0.39, 0.29) is 0 Å². The molecule has 2 rings (SSSR count). The summed E-state index contributed by atoms with van der Waals surface area (Å²) in [6.45, 7) is 0.727. The molecular weight excluding hydrogens is 258 g/mol. The van der Waals surface area contributed by atoms with E-state index in [0.717, 1.165) is 28.4 Å². The minimum Gasteiger partial charge on any atom is -0.496 e. The van der Waals surface area contributed by atoms with Crippen LogP contribution in [0, 0.1) is 5.41 Å². The van der Waals surface area contributed by atoms with Gasteiger partial charge in [0.15, 0.2) is 0 Å². The van der Waals surface area contributed by atoms with Crippen molar-refractivity contribution in [1.29, 1.82) is 5.41 Å². The summed E-state index contributed by atoms with van der Waals surface area (Å²) >= 11 is 1.55. The molecule has 1 aromatic heterocycles. The molecule has 0 unspecified atom stereocenters. The van der Waals surface area contributed by atoms with Gasteiger partial charge in [-0.15, -0.1) is 11.3 Å². The molecule has 3 N–H and O–H groups in total. The first-order chi connectivity index (χ1) is 9.24. The number of ether oxygens (including phenoxy) is 1. The molecule has 100 valence electrons. The van der Waals surface area contributed by atoms with E-state index in [1.807, 2.05) is 42.8 Å². The van der Waals surface area contributed by atoms with Crippen LogP contribution in [0.1, 0.15) is 10.4 Å². The van der Waals surface area contributed by atoms with Crippen LogP contribution in [-0.2, 0) is 6.54 Å². The van der Waals surface area contributed by atoms with Gasteiger partial charge >= 0.3 is 0 Å². The third-order valence-corrected chi connectivity index (χ3v) is 3.57. The van der Waals surface area contributed by atoms with Gasteiger partial charge in [-0.05, 0) is 36.7 Å². The molecule has 0 aliphatic heterocycles. The molecule has 0 bridgehead atoms. The van der Waals surface area contributed by atoms with Gasteiger partial charge in [-0.1, -0.05) is 6.07 Å². The van der Waals surface area contributed by atoms with Crippen LogP contribution >= 0.6 is 11.3 Å². The van der Waals surface area contributed by atoms with Crippen molar-refractivity contribution in [1.82, 2.24) is 5.32 Å². The van der Waals surface area contributed by atoms with Crippen molar-refractivity contribution in [2.75, 3.05) is 19.5 Å². The highest BCUT2D eigenvalue weighted by molar-refractivity contribution is 7.12. The maximum Gasteiger partial charge on any atom is 0.140 e. The van der Waals surface area contributed by atoms with Gasteiger partial charge in [0.1, 0.15) is 11.6 Å². The van der Waals surface area contributed by atoms with Crippen LogP contribution in [0.15, 0.2) is 35.7 Å². The Labute approximate surface area is 116 Å². The molecule has 5 heteroatoms. The Morgan fingerprint density at radius 2 is 2.21 bits per heavy atom. The van der Waals surface area contributed by atoms with E-state index in [0.29, 0.717) is 5.84 Å². The number of hydrogen-bond acceptors (Lipinski definition) is 4. The second kappa shape index (κ2) is 6.36. The minimum atomic E-state index is 0.413. The van der Waals surface area contributed by atoms with Gasteiger partial charge in [0.25, 0.3) is 0 Å². The average Bonchev–Trinajstić information content (AvgIpc) is 2.93. The molecule has 0 atom stereocenters. The normalized spacial score (nSPS) is 10.2. The first kappa shape index (κ1) is 13.6. The maximum absolute atomic E-state index is 8.01. The fraction of sp³-hybridized carbons (Fsp3) is 0.214. The molecule has 0 radical (unpaired) electrons. The van der Waals surface area contributed by atoms with Crippen molar-refractivity contribution in [3.63, 3.8) is 0 Å². The molecule has 0 aliphatic rings. The average molecular weight is 275 g/mol. The van der Waals surface area contributed by atoms with Crippen LogP contribution in [0.5, 0.6) is 5.75 Å². The Morgan fingerprint density at radius 3 is 2.84 bits per heavy atom. The van der Waals surface area contributed by atoms with Gasteiger partial charge in [-0.2, -0.15) is 0 Å². The van der Waals surface area contributed by atoms with Gasteiger partial charge in [0, 0.05) is 17.8 Å². The van der Waals surface area contributed by atoms with Gasteiger partial charge < -0.3 is 15.4 Å². The summed E-state index contributed by atoms with van der Waals surface area (Å²) in [5, 5.41) is 16.2. The van der Waals surface area contributed by atoms with E-state index in [1.165, 1.54) is 0 Å². The van der Waals surface area contributed by atoms with Crippen molar-refractivity contribution in [3.05, 3.63) is 46.2 Å². The topological polar surface area (TPSA) is 57.1 Å². The lowest BCUT2D eigenvalue weighted by molar-refractivity contribution is 0.408. The summed E-state index contributed by atoms with van der Waals surface area (Å²) in [4.78, 5) is 0.922. The molecule has 0 saturated heterocycles. The lowest BCUT2D eigenvalue weighted by atomic mass is 10.1. The molecule has 0 amide bonds. The number of amidine groups is 1. The number of thiophene rings is 1. The first-order valence-corrected chi connectivity index (χ1v) is 6.83. The van der Waals surface area contributed by atoms with E-state index in [4.69, 9.17) is 10.1 Å². The SMILES string of the molecule is CNCc1cc(NC(=N)c2cccs2)ccc1OC. The summed E-state index contributed by atoms with van der Waals surface area (Å²) in [6, 6.07) is 9.70. The highest BCUT2D eigenvalue weighted by Crippen LogP contribution is 2.23. The predicted molar refractivity (Wildman–Crippen MR) is 80.5 cm³/mol. The number of methoxy groups -OCH3 is 1. The van der Waals surface area contributed by atoms with Gasteiger partial charge in [0.2, 0.25) is 0 Å². The number of nitrogens with one attached hydrogen (secondary N) is 3. The highest BCUT2D eigenvalue weighted by atomic mass is 32.1. The van der Waals surface area contributed by atoms with Crippen LogP contribution in [0.25, 0.3) is 0 Å². The summed E-state index contributed by atoms with van der Waals surface area (Å²) in [6.07, 6.45) is 0. The van der Waals surface area contributed by atoms with Gasteiger partial charge in [-0.3, -0.25) is 5.41 Å². The Kier molecular flexibility index (Phi) is 4.54. The Morgan fingerprint density at radius 1 is 1.37 bits per heavy atom. The van der Waals surface area contributed by atoms with E-state index in [1.54, 1.807) is 18.4 Å². The van der Waals surface area contributed by atoms with Crippen LogP contribution in [0.4, 0.5) is 5.69 Å². The van der Waals surface area contributed by atoms with Crippen molar-refractivity contribution in [2.45, 2.75) is 6.54 Å². The molecule has 0 aliphatic carbocycles. The molecule has 2 aromatic rings. The number of anilines is 1. The standard InChI is InChI=1S/C14H17N3OS/c1-16-9-10-8-11(5-6-12(10)18-2)17-14(15)13-4-3-7-19-13/h3-8,16H,9H2,1-2H3,(H2,15,17). The Balaban J connectivity index is 2.16. The molecule has 4 nitrogen and oxygen atoms in total. The molecule has 19 heavy (non-hydrogen) atoms. The minimum absolute atomic E-state index is 0.413. The number of benzene rings is 1. The molecule has 0 fully saturated rings. The van der Waals surface area contributed by atoms with E-state index < -0.39 is 0 Å². The van der Waals surface area contributed by atoms with Crippen LogP contribution in [0.2, 0.25) is 0 Å². The zero-order valence-electron chi connectivity index (χ0n) is 11.0. The van der Waals surface area contributed by atoms with Crippen molar-refractivity contribution >= 4 is 22.9 Å². The second-order valence-corrected chi connectivity index (χ2v) is 4.98. The third-order valence-electron chi connectivity index (χ3n) is 2.68. The van der Waals surface area contributed by atoms with Crippen molar-refractivity contribution in [3.8, 4) is 5.75 Å². The van der Waals surface area contributed by atoms with Crippen LogP contribution in [-0.4, -0.2) is 20.0 Å². The zero-order valence-corrected chi connectivity index (χ0v) is 11.8. The lowest BCUT2D eigenvalue weighted by Crippen LogP contribution is -2.12. The molecule has 0 spiro atoms. The lowest BCUT2D eigenvalue weighted by Gasteiger charge is -2.12. The van der Waals surface area contributed by atoms with E-state index in [9.17, 15) is 0 Å². The molecular formula is C14H17N3OS. The smallest absolute Gasteiger partial charge is 0.140 e. The molecule has 1 aromatic carbocycles. The van der Waals surface area contributed by atoms with Crippen molar-refractivity contribution in [2.24, 2.45) is 0 Å². The van der Waals surface area contributed by atoms with Crippen LogP contribution < -0.4 is 15.4 Å². The monoisotopic (exact) mass is 275 g/mol. The number of hydrogen-bond donors (Lipinski definition) is 3. The fourth-order valence-corrected chi connectivity index (χ4v) is 2.44. The largest absolute Gasteiger partial charge is 0.496 e. The molecule has 0 saturated carbocycles. The van der Waals surface area contributed by atoms with Crippen molar-refractivity contribution < 1.29 is 4.74 Å². The van der Waals surface area contributed by atoms with Gasteiger partial charge in [-0.25, -0.2) is 0 Å². The maximum atomic E-state index is 8.01. The van der Waals surface area contributed by atoms with Crippen LogP contribution in [0.3, 0.4) is 0 Å². The Bertz CT molecular complexity index is 552. The van der Waals surface area contributed by atoms with Gasteiger partial charge in [0.05, 0.1) is 12.0 Å². The summed E-state index contributed by atoms with van der Waals surface area (Å²) in [5.41, 5.74) is 1.96. The zero-order chi connectivity index (χ0) is 13.7.